The molecule has 0 aliphatic heterocycles. The maximum absolute atomic E-state index is 11.5. The highest BCUT2D eigenvalue weighted by Gasteiger charge is 2.22. The summed E-state index contributed by atoms with van der Waals surface area (Å²) < 4.78 is 27.3. The molecule has 0 bridgehead atoms. The fraction of sp³-hybridized carbons (Fsp3) is 0.111. The van der Waals surface area contributed by atoms with Gasteiger partial charge in [0.25, 0.3) is 0 Å². The molecule has 0 saturated carbocycles. The molecule has 0 amide bonds. The van der Waals surface area contributed by atoms with Crippen molar-refractivity contribution in [3.05, 3.63) is 28.2 Å². The molecule has 1 rings (SSSR count). The predicted molar refractivity (Wildman–Crippen MR) is 58.2 cm³/mol. The van der Waals surface area contributed by atoms with Crippen LogP contribution in [0.3, 0.4) is 0 Å². The molecule has 0 aliphatic carbocycles. The third kappa shape index (κ3) is 2.89. The summed E-state index contributed by atoms with van der Waals surface area (Å²) in [5.74, 6) is -1.45. The van der Waals surface area contributed by atoms with Crippen LogP contribution in [-0.4, -0.2) is 20.7 Å². The van der Waals surface area contributed by atoms with Crippen LogP contribution < -0.4 is 0 Å². The molecular formula is C9H7BrO5S. The third-order valence-electron chi connectivity index (χ3n) is 1.64. The summed E-state index contributed by atoms with van der Waals surface area (Å²) in [6.45, 7) is 1.78. The summed E-state index contributed by atoms with van der Waals surface area (Å²) in [6, 6.07) is 4.39. The fourth-order valence-corrected chi connectivity index (χ4v) is 2.95. The maximum atomic E-state index is 11.5. The Balaban J connectivity index is 3.17. The molecular weight excluding hydrogens is 300 g/mol. The largest absolute Gasteiger partial charge is 0.387 e. The number of halogens is 1. The van der Waals surface area contributed by atoms with Gasteiger partial charge >= 0.3 is 16.1 Å². The maximum Gasteiger partial charge on any atom is 0.387 e. The lowest BCUT2D eigenvalue weighted by molar-refractivity contribution is -0.140. The van der Waals surface area contributed by atoms with E-state index in [0.717, 1.165) is 5.56 Å². The Morgan fingerprint density at radius 3 is 2.56 bits per heavy atom. The molecule has 0 aliphatic rings. The van der Waals surface area contributed by atoms with Crippen molar-refractivity contribution in [2.75, 3.05) is 0 Å². The van der Waals surface area contributed by atoms with Crippen LogP contribution in [-0.2, 0) is 23.9 Å². The quantitative estimate of drug-likeness (QED) is 0.476. The number of hydrogen-bond donors (Lipinski definition) is 0. The predicted octanol–water partition coefficient (Wildman–Crippen LogP) is 1.19. The van der Waals surface area contributed by atoms with E-state index in [0.29, 0.717) is 0 Å². The Kier molecular flexibility index (Phi) is 3.82. The fourth-order valence-electron chi connectivity index (χ4n) is 0.981. The number of aryl methyl sites for hydroxylation is 1. The van der Waals surface area contributed by atoms with Gasteiger partial charge in [-0.15, -0.1) is 0 Å². The van der Waals surface area contributed by atoms with E-state index in [1.807, 2.05) is 0 Å². The molecule has 1 aromatic carbocycles. The number of carbonyl (C=O) groups excluding carboxylic acids is 2. The summed E-state index contributed by atoms with van der Waals surface area (Å²) in [6.07, 6.45) is -0.209. The first-order valence-corrected chi connectivity index (χ1v) is 6.27. The third-order valence-corrected chi connectivity index (χ3v) is 3.84. The van der Waals surface area contributed by atoms with Crippen LogP contribution in [0.5, 0.6) is 0 Å². The average molecular weight is 307 g/mol. The van der Waals surface area contributed by atoms with Gasteiger partial charge in [-0.3, -0.25) is 4.79 Å². The van der Waals surface area contributed by atoms with Gasteiger partial charge in [0.1, 0.15) is 4.90 Å². The molecule has 0 aromatic heterocycles. The first kappa shape index (κ1) is 12.9. The van der Waals surface area contributed by atoms with E-state index < -0.39 is 16.1 Å². The van der Waals surface area contributed by atoms with Crippen LogP contribution in [0.15, 0.2) is 27.6 Å². The van der Waals surface area contributed by atoms with E-state index in [1.54, 1.807) is 19.1 Å². The van der Waals surface area contributed by atoms with Crippen LogP contribution in [0.2, 0.25) is 0 Å². The Bertz CT molecular complexity index is 535. The van der Waals surface area contributed by atoms with Crippen molar-refractivity contribution < 1.29 is 22.2 Å². The van der Waals surface area contributed by atoms with Crippen LogP contribution >= 0.6 is 15.9 Å². The summed E-state index contributed by atoms with van der Waals surface area (Å²) in [4.78, 5) is 20.4. The minimum atomic E-state index is -4.25. The van der Waals surface area contributed by atoms with Crippen LogP contribution in [0.25, 0.3) is 0 Å². The zero-order valence-corrected chi connectivity index (χ0v) is 10.5. The Morgan fingerprint density at radius 1 is 1.44 bits per heavy atom. The molecule has 0 radical (unpaired) electrons. The molecule has 0 heterocycles. The van der Waals surface area contributed by atoms with Crippen molar-refractivity contribution in [2.24, 2.45) is 0 Å². The highest BCUT2D eigenvalue weighted by Crippen LogP contribution is 2.24. The minimum Gasteiger partial charge on any atom is -0.335 e. The molecule has 0 saturated heterocycles. The molecule has 1 aromatic rings. The molecule has 0 N–H and O–H groups in total. The molecule has 7 heteroatoms. The number of benzene rings is 1. The molecule has 16 heavy (non-hydrogen) atoms. The normalized spacial score (nSPS) is 10.9. The van der Waals surface area contributed by atoms with Gasteiger partial charge in [0.2, 0.25) is 6.29 Å². The molecule has 0 fully saturated rings. The molecule has 0 unspecified atom stereocenters. The second kappa shape index (κ2) is 4.75. The van der Waals surface area contributed by atoms with E-state index >= 15 is 0 Å². The van der Waals surface area contributed by atoms with Crippen LogP contribution in [0.1, 0.15) is 5.56 Å². The number of hydrogen-bond acceptors (Lipinski definition) is 5. The van der Waals surface area contributed by atoms with Crippen molar-refractivity contribution in [1.82, 2.24) is 0 Å². The van der Waals surface area contributed by atoms with E-state index in [4.69, 9.17) is 0 Å². The Hall–Kier alpha value is -1.21. The zero-order chi connectivity index (χ0) is 12.3. The first-order valence-electron chi connectivity index (χ1n) is 4.06. The van der Waals surface area contributed by atoms with E-state index in [9.17, 15) is 18.0 Å². The smallest absolute Gasteiger partial charge is 0.335 e. The zero-order valence-electron chi connectivity index (χ0n) is 8.14. The molecule has 5 nitrogen and oxygen atoms in total. The Morgan fingerprint density at radius 2 is 2.06 bits per heavy atom. The lowest BCUT2D eigenvalue weighted by Gasteiger charge is -2.05. The monoisotopic (exact) mass is 306 g/mol. The van der Waals surface area contributed by atoms with Gasteiger partial charge < -0.3 is 4.18 Å². The SMILES string of the molecule is Cc1ccc(S(=O)(=O)OC(=O)C=O)c(Br)c1. The number of carbonyl (C=O) groups is 2. The summed E-state index contributed by atoms with van der Waals surface area (Å²) >= 11 is 3.04. The topological polar surface area (TPSA) is 77.5 Å². The Labute approximate surface area is 101 Å². The number of rotatable bonds is 3. The lowest BCUT2D eigenvalue weighted by atomic mass is 10.2. The van der Waals surface area contributed by atoms with Crippen molar-refractivity contribution in [3.63, 3.8) is 0 Å². The van der Waals surface area contributed by atoms with Gasteiger partial charge in [-0.1, -0.05) is 6.07 Å². The summed E-state index contributed by atoms with van der Waals surface area (Å²) in [5, 5.41) is 0. The molecule has 0 spiro atoms. The average Bonchev–Trinajstić information content (AvgIpc) is 2.16. The first-order chi connectivity index (χ1) is 7.36. The van der Waals surface area contributed by atoms with E-state index in [-0.39, 0.29) is 15.7 Å². The van der Waals surface area contributed by atoms with Crippen LogP contribution in [0.4, 0.5) is 0 Å². The molecule has 0 atom stereocenters. The lowest BCUT2D eigenvalue weighted by Crippen LogP contribution is -2.14. The minimum absolute atomic E-state index is 0.201. The van der Waals surface area contributed by atoms with Crippen molar-refractivity contribution in [3.8, 4) is 0 Å². The van der Waals surface area contributed by atoms with Gasteiger partial charge in [-0.2, -0.15) is 8.42 Å². The van der Waals surface area contributed by atoms with E-state index in [1.165, 1.54) is 6.07 Å². The van der Waals surface area contributed by atoms with Crippen molar-refractivity contribution in [1.29, 1.82) is 0 Å². The van der Waals surface area contributed by atoms with Crippen LogP contribution in [0, 0.1) is 6.92 Å². The summed E-state index contributed by atoms with van der Waals surface area (Å²) in [5.41, 5.74) is 0.840. The highest BCUT2D eigenvalue weighted by molar-refractivity contribution is 9.10. The van der Waals surface area contributed by atoms with Gasteiger partial charge in [0.15, 0.2) is 0 Å². The standard InChI is InChI=1S/C9H7BrO5S/c1-6-2-3-8(7(10)4-6)16(13,14)15-9(12)5-11/h2-5H,1H3. The van der Waals surface area contributed by atoms with Gasteiger partial charge in [0.05, 0.1) is 0 Å². The molecule has 86 valence electrons. The number of aldehydes is 1. The van der Waals surface area contributed by atoms with Gasteiger partial charge in [-0.25, -0.2) is 4.79 Å². The highest BCUT2D eigenvalue weighted by atomic mass is 79.9. The van der Waals surface area contributed by atoms with Gasteiger partial charge in [-0.05, 0) is 40.5 Å². The van der Waals surface area contributed by atoms with Gasteiger partial charge in [0, 0.05) is 4.47 Å². The van der Waals surface area contributed by atoms with E-state index in [2.05, 4.69) is 20.1 Å². The van der Waals surface area contributed by atoms with Crippen molar-refractivity contribution in [2.45, 2.75) is 11.8 Å². The summed E-state index contributed by atoms with van der Waals surface area (Å²) in [7, 11) is -4.25. The second-order valence-electron chi connectivity index (χ2n) is 2.91. The van der Waals surface area contributed by atoms with Crippen molar-refractivity contribution >= 4 is 38.3 Å². The second-order valence-corrected chi connectivity index (χ2v) is 5.28.